The number of benzene rings is 1. The van der Waals surface area contributed by atoms with Crippen molar-refractivity contribution in [3.63, 3.8) is 0 Å². The summed E-state index contributed by atoms with van der Waals surface area (Å²) in [5.41, 5.74) is 7.39. The molecule has 0 saturated carbocycles. The smallest absolute Gasteiger partial charge is 0.168 e. The van der Waals surface area contributed by atoms with Crippen LogP contribution in [0.4, 0.5) is 11.4 Å². The molecule has 0 spiro atoms. The number of anilines is 2. The van der Waals surface area contributed by atoms with E-state index in [1.165, 1.54) is 0 Å². The highest BCUT2D eigenvalue weighted by molar-refractivity contribution is 7.80. The van der Waals surface area contributed by atoms with Crippen LogP contribution >= 0.6 is 12.2 Å². The van der Waals surface area contributed by atoms with E-state index in [0.717, 1.165) is 11.4 Å². The van der Waals surface area contributed by atoms with Crippen LogP contribution in [-0.4, -0.2) is 19.2 Å². The third-order valence-electron chi connectivity index (χ3n) is 1.65. The number of hydrogen-bond donors (Lipinski definition) is 2. The van der Waals surface area contributed by atoms with Crippen molar-refractivity contribution in [3.05, 3.63) is 24.3 Å². The van der Waals surface area contributed by atoms with Crippen LogP contribution in [0.5, 0.6) is 0 Å². The van der Waals surface area contributed by atoms with E-state index in [9.17, 15) is 0 Å². The molecule has 13 heavy (non-hydrogen) atoms. The first-order valence-corrected chi connectivity index (χ1v) is 4.34. The van der Waals surface area contributed by atoms with Crippen LogP contribution in [0.3, 0.4) is 0 Å². The van der Waals surface area contributed by atoms with E-state index in [4.69, 9.17) is 18.0 Å². The molecule has 0 unspecified atom stereocenters. The van der Waals surface area contributed by atoms with E-state index in [1.54, 1.807) is 0 Å². The summed E-state index contributed by atoms with van der Waals surface area (Å²) in [7, 11) is 3.99. The molecule has 4 heteroatoms. The Hall–Kier alpha value is -1.29. The van der Waals surface area contributed by atoms with Crippen molar-refractivity contribution < 1.29 is 0 Å². The molecule has 0 aliphatic carbocycles. The Morgan fingerprint density at radius 2 is 1.85 bits per heavy atom. The highest BCUT2D eigenvalue weighted by Crippen LogP contribution is 2.15. The number of nitrogens with zero attached hydrogens (tertiary/aromatic N) is 1. The number of rotatable bonds is 2. The molecule has 1 aromatic carbocycles. The summed E-state index contributed by atoms with van der Waals surface area (Å²) < 4.78 is 0. The topological polar surface area (TPSA) is 41.3 Å². The highest BCUT2D eigenvalue weighted by atomic mass is 32.1. The second-order valence-electron chi connectivity index (χ2n) is 2.93. The number of hydrogen-bond acceptors (Lipinski definition) is 2. The molecular weight excluding hydrogens is 182 g/mol. The van der Waals surface area contributed by atoms with Gasteiger partial charge in [-0.3, -0.25) is 0 Å². The Balaban J connectivity index is 2.75. The first-order chi connectivity index (χ1) is 6.09. The van der Waals surface area contributed by atoms with Gasteiger partial charge < -0.3 is 16.0 Å². The lowest BCUT2D eigenvalue weighted by Crippen LogP contribution is -2.18. The Morgan fingerprint density at radius 3 is 2.23 bits per heavy atom. The van der Waals surface area contributed by atoms with Gasteiger partial charge in [0.05, 0.1) is 0 Å². The van der Waals surface area contributed by atoms with Crippen molar-refractivity contribution in [3.8, 4) is 0 Å². The predicted octanol–water partition coefficient (Wildman–Crippen LogP) is 1.41. The first-order valence-electron chi connectivity index (χ1n) is 3.93. The van der Waals surface area contributed by atoms with Gasteiger partial charge in [0.1, 0.15) is 0 Å². The molecule has 0 aromatic heterocycles. The van der Waals surface area contributed by atoms with E-state index >= 15 is 0 Å². The van der Waals surface area contributed by atoms with Gasteiger partial charge in [0.25, 0.3) is 0 Å². The lowest BCUT2D eigenvalue weighted by Gasteiger charge is -2.12. The second-order valence-corrected chi connectivity index (χ2v) is 3.37. The van der Waals surface area contributed by atoms with Crippen molar-refractivity contribution >= 4 is 28.7 Å². The summed E-state index contributed by atoms with van der Waals surface area (Å²) in [5, 5.41) is 3.15. The van der Waals surface area contributed by atoms with E-state index < -0.39 is 0 Å². The molecule has 0 atom stereocenters. The summed E-state index contributed by atoms with van der Waals surface area (Å²) in [6.45, 7) is 0. The van der Waals surface area contributed by atoms with Gasteiger partial charge >= 0.3 is 0 Å². The summed E-state index contributed by atoms with van der Waals surface area (Å²) >= 11 is 4.72. The standard InChI is InChI=1S/C9H13N3S/c1-12(2)8-5-3-7(4-6-8)11-9(10)13/h3-6H,1-2H3,(H3,10,11,13). The minimum absolute atomic E-state index is 0.289. The molecule has 0 heterocycles. The zero-order valence-electron chi connectivity index (χ0n) is 7.74. The minimum Gasteiger partial charge on any atom is -0.378 e. The fourth-order valence-corrected chi connectivity index (χ4v) is 1.10. The van der Waals surface area contributed by atoms with Gasteiger partial charge in [-0.2, -0.15) is 0 Å². The SMILES string of the molecule is CN(C)c1ccc(NC(N)=S)cc1. The molecule has 0 aliphatic heterocycles. The molecular formula is C9H13N3S. The maximum Gasteiger partial charge on any atom is 0.168 e. The van der Waals surface area contributed by atoms with Crippen molar-refractivity contribution in [1.29, 1.82) is 0 Å². The van der Waals surface area contributed by atoms with Crippen LogP contribution in [-0.2, 0) is 0 Å². The molecule has 1 aromatic rings. The normalized spacial score (nSPS) is 9.38. The monoisotopic (exact) mass is 195 g/mol. The second kappa shape index (κ2) is 4.09. The molecule has 0 bridgehead atoms. The number of thiocarbonyl (C=S) groups is 1. The average Bonchev–Trinajstić information content (AvgIpc) is 2.04. The van der Waals surface area contributed by atoms with Gasteiger partial charge in [0.2, 0.25) is 0 Å². The zero-order valence-corrected chi connectivity index (χ0v) is 8.56. The van der Waals surface area contributed by atoms with Gasteiger partial charge in [-0.25, -0.2) is 0 Å². The molecule has 0 saturated heterocycles. The van der Waals surface area contributed by atoms with Gasteiger partial charge in [-0.1, -0.05) is 0 Å². The lowest BCUT2D eigenvalue weighted by atomic mass is 10.2. The van der Waals surface area contributed by atoms with Crippen molar-refractivity contribution in [2.75, 3.05) is 24.3 Å². The fourth-order valence-electron chi connectivity index (χ4n) is 0.985. The van der Waals surface area contributed by atoms with Crippen molar-refractivity contribution in [2.45, 2.75) is 0 Å². The third kappa shape index (κ3) is 2.91. The van der Waals surface area contributed by atoms with Crippen LogP contribution in [0.15, 0.2) is 24.3 Å². The van der Waals surface area contributed by atoms with Gasteiger partial charge in [-0.15, -0.1) is 0 Å². The fraction of sp³-hybridized carbons (Fsp3) is 0.222. The van der Waals surface area contributed by atoms with E-state index in [-0.39, 0.29) is 5.11 Å². The molecule has 3 N–H and O–H groups in total. The van der Waals surface area contributed by atoms with E-state index in [2.05, 4.69) is 5.32 Å². The van der Waals surface area contributed by atoms with Crippen molar-refractivity contribution in [1.82, 2.24) is 0 Å². The molecule has 0 aliphatic rings. The number of nitrogens with two attached hydrogens (primary N) is 1. The van der Waals surface area contributed by atoms with E-state index in [1.807, 2.05) is 43.3 Å². The van der Waals surface area contributed by atoms with Crippen LogP contribution in [0, 0.1) is 0 Å². The summed E-state index contributed by atoms with van der Waals surface area (Å²) in [4.78, 5) is 2.03. The Morgan fingerprint density at radius 1 is 1.31 bits per heavy atom. The maximum absolute atomic E-state index is 5.33. The molecule has 3 nitrogen and oxygen atoms in total. The summed E-state index contributed by atoms with van der Waals surface area (Å²) in [6, 6.07) is 7.88. The summed E-state index contributed by atoms with van der Waals surface area (Å²) in [6.07, 6.45) is 0. The zero-order chi connectivity index (χ0) is 9.84. The Labute approximate surface area is 83.5 Å². The largest absolute Gasteiger partial charge is 0.378 e. The average molecular weight is 195 g/mol. The molecule has 1 rings (SSSR count). The van der Waals surface area contributed by atoms with Crippen LogP contribution in [0.1, 0.15) is 0 Å². The first kappa shape index (κ1) is 9.80. The Kier molecular flexibility index (Phi) is 3.08. The van der Waals surface area contributed by atoms with Crippen LogP contribution in [0.25, 0.3) is 0 Å². The molecule has 0 radical (unpaired) electrons. The van der Waals surface area contributed by atoms with Gasteiger partial charge in [0.15, 0.2) is 5.11 Å². The molecule has 70 valence electrons. The van der Waals surface area contributed by atoms with Crippen LogP contribution < -0.4 is 16.0 Å². The molecule has 0 amide bonds. The lowest BCUT2D eigenvalue weighted by molar-refractivity contribution is 1.13. The number of nitrogens with one attached hydrogen (secondary N) is 1. The van der Waals surface area contributed by atoms with E-state index in [0.29, 0.717) is 0 Å². The van der Waals surface area contributed by atoms with Gasteiger partial charge in [0, 0.05) is 25.5 Å². The van der Waals surface area contributed by atoms with Gasteiger partial charge in [-0.05, 0) is 36.5 Å². The predicted molar refractivity (Wildman–Crippen MR) is 61.2 cm³/mol. The Bertz CT molecular complexity index is 292. The minimum atomic E-state index is 0.289. The van der Waals surface area contributed by atoms with Crippen molar-refractivity contribution in [2.24, 2.45) is 5.73 Å². The third-order valence-corrected chi connectivity index (χ3v) is 1.75. The molecule has 0 fully saturated rings. The summed E-state index contributed by atoms with van der Waals surface area (Å²) in [5.74, 6) is 0. The maximum atomic E-state index is 5.33. The van der Waals surface area contributed by atoms with Crippen LogP contribution in [0.2, 0.25) is 0 Å². The highest BCUT2D eigenvalue weighted by Gasteiger charge is 1.95. The quantitative estimate of drug-likeness (QED) is 0.700.